The number of benzene rings is 3. The van der Waals surface area contributed by atoms with Crippen LogP contribution in [0.15, 0.2) is 78.2 Å². The zero-order valence-electron chi connectivity index (χ0n) is 20.3. The second-order valence-corrected chi connectivity index (χ2v) is 8.75. The second-order valence-electron chi connectivity index (χ2n) is 7.86. The summed E-state index contributed by atoms with van der Waals surface area (Å²) in [5, 5.41) is 5.22. The highest BCUT2D eigenvalue weighted by Crippen LogP contribution is 2.25. The fourth-order valence-electron chi connectivity index (χ4n) is 3.51. The third-order valence-corrected chi connectivity index (χ3v) is 6.04. The largest absolute Gasteiger partial charge is 0.497 e. The molecule has 9 nitrogen and oxygen atoms in total. The maximum Gasteiger partial charge on any atom is 0.258 e. The lowest BCUT2D eigenvalue weighted by molar-refractivity contribution is -0.114. The molecule has 0 bridgehead atoms. The van der Waals surface area contributed by atoms with Crippen molar-refractivity contribution >= 4 is 39.7 Å². The zero-order valence-corrected chi connectivity index (χ0v) is 21.2. The average molecular weight is 519 g/mol. The number of aromatic nitrogens is 1. The summed E-state index contributed by atoms with van der Waals surface area (Å²) in [6.07, 6.45) is 0. The van der Waals surface area contributed by atoms with E-state index < -0.39 is 0 Å². The highest BCUT2D eigenvalue weighted by molar-refractivity contribution is 7.13. The minimum Gasteiger partial charge on any atom is -0.497 e. The number of methoxy groups -OCH3 is 2. The van der Waals surface area contributed by atoms with Gasteiger partial charge in [-0.1, -0.05) is 12.1 Å². The number of thiazole rings is 1. The Hall–Kier alpha value is -4.41. The SMILES string of the molecule is COCOc1ccc(C(=O)N(CC(=O)Nc2ccc(-c3csc(N)n3)cc2)c2ccc(OC)cc2)cc1. The van der Waals surface area contributed by atoms with E-state index in [1.807, 2.05) is 17.5 Å². The van der Waals surface area contributed by atoms with Crippen molar-refractivity contribution in [3.8, 4) is 22.8 Å². The molecule has 3 aromatic carbocycles. The normalized spacial score (nSPS) is 10.5. The molecule has 0 saturated carbocycles. The summed E-state index contributed by atoms with van der Waals surface area (Å²) in [7, 11) is 3.09. The Bertz CT molecular complexity index is 1340. The van der Waals surface area contributed by atoms with Gasteiger partial charge in [0.15, 0.2) is 11.9 Å². The third kappa shape index (κ3) is 6.63. The first-order valence-electron chi connectivity index (χ1n) is 11.3. The first-order chi connectivity index (χ1) is 18.0. The highest BCUT2D eigenvalue weighted by atomic mass is 32.1. The number of nitrogens with one attached hydrogen (secondary N) is 1. The van der Waals surface area contributed by atoms with Crippen LogP contribution in [-0.2, 0) is 9.53 Å². The zero-order chi connectivity index (χ0) is 26.2. The maximum atomic E-state index is 13.4. The van der Waals surface area contributed by atoms with Gasteiger partial charge in [-0.25, -0.2) is 4.98 Å². The Morgan fingerprint density at radius 1 is 0.946 bits per heavy atom. The van der Waals surface area contributed by atoms with Gasteiger partial charge in [0.25, 0.3) is 5.91 Å². The van der Waals surface area contributed by atoms with Crippen LogP contribution in [0.2, 0.25) is 0 Å². The first-order valence-corrected chi connectivity index (χ1v) is 12.1. The maximum absolute atomic E-state index is 13.4. The molecule has 0 unspecified atom stereocenters. The molecule has 1 heterocycles. The van der Waals surface area contributed by atoms with Gasteiger partial charge in [-0.15, -0.1) is 11.3 Å². The molecular formula is C27H26N4O5S. The van der Waals surface area contributed by atoms with E-state index >= 15 is 0 Å². The molecule has 3 N–H and O–H groups in total. The second kappa shape index (κ2) is 12.0. The number of carbonyl (C=O) groups excluding carboxylic acids is 2. The van der Waals surface area contributed by atoms with Gasteiger partial charge in [0, 0.05) is 35.0 Å². The van der Waals surface area contributed by atoms with Crippen LogP contribution in [0.4, 0.5) is 16.5 Å². The number of rotatable bonds is 10. The van der Waals surface area contributed by atoms with Gasteiger partial charge in [0.05, 0.1) is 12.8 Å². The van der Waals surface area contributed by atoms with E-state index in [1.54, 1.807) is 67.8 Å². The Kier molecular flexibility index (Phi) is 8.34. The van der Waals surface area contributed by atoms with E-state index in [1.165, 1.54) is 23.3 Å². The molecule has 37 heavy (non-hydrogen) atoms. The molecule has 190 valence electrons. The fraction of sp³-hybridized carbons (Fsp3) is 0.148. The molecule has 4 rings (SSSR count). The van der Waals surface area contributed by atoms with Crippen LogP contribution in [-0.4, -0.2) is 44.4 Å². The number of ether oxygens (including phenoxy) is 3. The average Bonchev–Trinajstić information content (AvgIpc) is 3.37. The van der Waals surface area contributed by atoms with Crippen LogP contribution in [0.5, 0.6) is 11.5 Å². The molecular weight excluding hydrogens is 492 g/mol. The van der Waals surface area contributed by atoms with Crippen molar-refractivity contribution in [2.24, 2.45) is 0 Å². The predicted octanol–water partition coefficient (Wildman–Crippen LogP) is 4.67. The Balaban J connectivity index is 1.50. The molecule has 0 aliphatic heterocycles. The Morgan fingerprint density at radius 2 is 1.62 bits per heavy atom. The van der Waals surface area contributed by atoms with Crippen molar-refractivity contribution < 1.29 is 23.8 Å². The van der Waals surface area contributed by atoms with Crippen molar-refractivity contribution in [1.82, 2.24) is 4.98 Å². The van der Waals surface area contributed by atoms with Crippen LogP contribution in [0, 0.1) is 0 Å². The molecule has 10 heteroatoms. The number of carbonyl (C=O) groups is 2. The van der Waals surface area contributed by atoms with E-state index in [0.717, 1.165) is 11.3 Å². The van der Waals surface area contributed by atoms with E-state index in [0.29, 0.717) is 33.6 Å². The minimum absolute atomic E-state index is 0.101. The summed E-state index contributed by atoms with van der Waals surface area (Å²) in [6, 6.07) is 20.8. The minimum atomic E-state index is -0.352. The lowest BCUT2D eigenvalue weighted by Crippen LogP contribution is -2.38. The van der Waals surface area contributed by atoms with Crippen molar-refractivity contribution in [1.29, 1.82) is 0 Å². The molecule has 1 aromatic heterocycles. The Morgan fingerprint density at radius 3 is 2.22 bits per heavy atom. The number of amides is 2. The standard InChI is InChI=1S/C27H26N4O5S/c1-34-17-36-23-11-5-19(6-12-23)26(33)31(21-9-13-22(35-2)14-10-21)15-25(32)29-20-7-3-18(4-8-20)24-16-37-27(28)30-24/h3-14,16H,15,17H2,1-2H3,(H2,28,30)(H,29,32). The molecule has 0 saturated heterocycles. The van der Waals surface area contributed by atoms with Crippen LogP contribution in [0.25, 0.3) is 11.3 Å². The first kappa shape index (κ1) is 25.7. The number of hydrogen-bond acceptors (Lipinski definition) is 8. The van der Waals surface area contributed by atoms with Crippen molar-refractivity contribution in [3.05, 3.63) is 83.7 Å². The van der Waals surface area contributed by atoms with E-state index in [4.69, 9.17) is 19.9 Å². The van der Waals surface area contributed by atoms with E-state index in [9.17, 15) is 9.59 Å². The third-order valence-electron chi connectivity index (χ3n) is 5.36. The van der Waals surface area contributed by atoms with Gasteiger partial charge < -0.3 is 25.3 Å². The topological polar surface area (TPSA) is 116 Å². The van der Waals surface area contributed by atoms with Crippen molar-refractivity contribution in [2.75, 3.05) is 43.5 Å². The summed E-state index contributed by atoms with van der Waals surface area (Å²) < 4.78 is 15.5. The van der Waals surface area contributed by atoms with E-state index in [2.05, 4.69) is 10.3 Å². The highest BCUT2D eigenvalue weighted by Gasteiger charge is 2.21. The molecule has 2 amide bonds. The monoisotopic (exact) mass is 518 g/mol. The van der Waals surface area contributed by atoms with Gasteiger partial charge >= 0.3 is 0 Å². The van der Waals surface area contributed by atoms with Crippen molar-refractivity contribution in [3.63, 3.8) is 0 Å². The van der Waals surface area contributed by atoms with Gasteiger partial charge in [-0.05, 0) is 60.7 Å². The summed E-state index contributed by atoms with van der Waals surface area (Å²) in [5.41, 5.74) is 8.93. The lowest BCUT2D eigenvalue weighted by atomic mass is 10.1. The summed E-state index contributed by atoms with van der Waals surface area (Å²) >= 11 is 1.37. The van der Waals surface area contributed by atoms with E-state index in [-0.39, 0.29) is 25.2 Å². The molecule has 0 atom stereocenters. The molecule has 0 fully saturated rings. The number of nitrogens with two attached hydrogens (primary N) is 1. The van der Waals surface area contributed by atoms with Crippen LogP contribution in [0.3, 0.4) is 0 Å². The molecule has 0 radical (unpaired) electrons. The van der Waals surface area contributed by atoms with Crippen LogP contribution in [0.1, 0.15) is 10.4 Å². The van der Waals surface area contributed by atoms with Crippen molar-refractivity contribution in [2.45, 2.75) is 0 Å². The Labute approximate surface area is 218 Å². The summed E-state index contributed by atoms with van der Waals surface area (Å²) in [4.78, 5) is 32.1. The molecule has 0 spiro atoms. The predicted molar refractivity (Wildman–Crippen MR) is 144 cm³/mol. The fourth-order valence-corrected chi connectivity index (χ4v) is 4.08. The number of hydrogen-bond donors (Lipinski definition) is 2. The molecule has 0 aliphatic carbocycles. The number of anilines is 3. The quantitative estimate of drug-likeness (QED) is 0.293. The number of nitrogens with zero attached hydrogens (tertiary/aromatic N) is 2. The van der Waals surface area contributed by atoms with Gasteiger partial charge in [0.2, 0.25) is 5.91 Å². The molecule has 0 aliphatic rings. The number of nitrogen functional groups attached to an aromatic ring is 1. The van der Waals surface area contributed by atoms with Gasteiger partial charge in [-0.2, -0.15) is 0 Å². The smallest absolute Gasteiger partial charge is 0.258 e. The molecule has 4 aromatic rings. The summed E-state index contributed by atoms with van der Waals surface area (Å²) in [5.74, 6) is 0.517. The van der Waals surface area contributed by atoms with Gasteiger partial charge in [-0.3, -0.25) is 14.5 Å². The summed E-state index contributed by atoms with van der Waals surface area (Å²) in [6.45, 7) is -0.0955. The lowest BCUT2D eigenvalue weighted by Gasteiger charge is -2.23. The van der Waals surface area contributed by atoms with Gasteiger partial charge in [0.1, 0.15) is 18.0 Å². The van der Waals surface area contributed by atoms with Crippen LogP contribution >= 0.6 is 11.3 Å². The van der Waals surface area contributed by atoms with Crippen LogP contribution < -0.4 is 25.4 Å².